The van der Waals surface area contributed by atoms with Gasteiger partial charge >= 0.3 is 12.1 Å². The van der Waals surface area contributed by atoms with E-state index in [4.69, 9.17) is 14.2 Å². The zero-order valence-electron chi connectivity index (χ0n) is 28.3. The number of esters is 1. The van der Waals surface area contributed by atoms with E-state index in [0.717, 1.165) is 48.6 Å². The maximum atomic E-state index is 12.4. The molecule has 4 rings (SSSR count). The largest absolute Gasteiger partial charge is 0.492 e. The molecule has 3 aromatic rings. The second kappa shape index (κ2) is 15.3. The summed E-state index contributed by atoms with van der Waals surface area (Å²) in [4.78, 5) is 49.5. The van der Waals surface area contributed by atoms with Gasteiger partial charge in [0, 0.05) is 61.9 Å². The summed E-state index contributed by atoms with van der Waals surface area (Å²) in [5.41, 5.74) is 1.77. The summed E-state index contributed by atoms with van der Waals surface area (Å²) in [6.45, 7) is 13.7. The van der Waals surface area contributed by atoms with Gasteiger partial charge in [0.2, 0.25) is 5.95 Å². The van der Waals surface area contributed by atoms with Crippen molar-refractivity contribution in [2.75, 3.05) is 45.2 Å². The number of carbonyl (C=O) groups is 3. The highest BCUT2D eigenvalue weighted by molar-refractivity contribution is 5.96. The van der Waals surface area contributed by atoms with Crippen LogP contribution >= 0.6 is 0 Å². The molecular weight excluding hydrogens is 600 g/mol. The summed E-state index contributed by atoms with van der Waals surface area (Å²) in [6.07, 6.45) is 4.03. The number of nitrogens with zero attached hydrogens (tertiary/aromatic N) is 4. The molecule has 1 aliphatic heterocycles. The van der Waals surface area contributed by atoms with Gasteiger partial charge in [0.25, 0.3) is 5.91 Å². The van der Waals surface area contributed by atoms with Crippen LogP contribution in [0.3, 0.4) is 0 Å². The van der Waals surface area contributed by atoms with Crippen molar-refractivity contribution >= 4 is 29.6 Å². The molecule has 0 spiro atoms. The Morgan fingerprint density at radius 1 is 0.894 bits per heavy atom. The van der Waals surface area contributed by atoms with Gasteiger partial charge in [0.1, 0.15) is 30.1 Å². The number of rotatable bonds is 11. The number of amides is 2. The lowest BCUT2D eigenvalue weighted by atomic mass is 10.1. The minimum absolute atomic E-state index is 0.128. The summed E-state index contributed by atoms with van der Waals surface area (Å²) < 4.78 is 16.7. The highest BCUT2D eigenvalue weighted by Crippen LogP contribution is 2.22. The van der Waals surface area contributed by atoms with Gasteiger partial charge < -0.3 is 29.7 Å². The molecule has 12 heteroatoms. The van der Waals surface area contributed by atoms with Gasteiger partial charge in [-0.3, -0.25) is 14.5 Å². The van der Waals surface area contributed by atoms with Crippen LogP contribution in [0.2, 0.25) is 0 Å². The molecule has 1 atom stereocenters. The molecule has 0 radical (unpaired) electrons. The number of benzene rings is 2. The van der Waals surface area contributed by atoms with Gasteiger partial charge in [-0.1, -0.05) is 12.1 Å². The third kappa shape index (κ3) is 11.2. The lowest BCUT2D eigenvalue weighted by Crippen LogP contribution is -2.42. The van der Waals surface area contributed by atoms with E-state index in [1.54, 1.807) is 69.4 Å². The summed E-state index contributed by atoms with van der Waals surface area (Å²) in [7, 11) is 1.80. The Morgan fingerprint density at radius 2 is 1.53 bits per heavy atom. The number of likely N-dealkylation sites (N-methyl/N-ethyl adjacent to an activating group) is 1. The van der Waals surface area contributed by atoms with Crippen LogP contribution in [0.1, 0.15) is 58.3 Å². The van der Waals surface area contributed by atoms with E-state index < -0.39 is 17.2 Å². The number of likely N-dealkylation sites (tertiary alicyclic amines) is 1. The number of anilines is 2. The van der Waals surface area contributed by atoms with Crippen molar-refractivity contribution in [3.05, 3.63) is 66.5 Å². The topological polar surface area (TPSA) is 135 Å². The first-order valence-electron chi connectivity index (χ1n) is 15.8. The van der Waals surface area contributed by atoms with Gasteiger partial charge in [-0.05, 0) is 89.9 Å². The molecule has 2 heterocycles. The van der Waals surface area contributed by atoms with Gasteiger partial charge in [0.05, 0.1) is 0 Å². The molecule has 1 aliphatic rings. The fourth-order valence-electron chi connectivity index (χ4n) is 4.86. The Bertz CT molecular complexity index is 1500. The van der Waals surface area contributed by atoms with Gasteiger partial charge in [-0.2, -0.15) is 0 Å². The fraction of sp³-hybridized carbons (Fsp3) is 0.457. The number of carbonyl (C=O) groups excluding carboxylic acids is 3. The Balaban J connectivity index is 1.19. The van der Waals surface area contributed by atoms with Crippen molar-refractivity contribution in [1.82, 2.24) is 25.1 Å². The van der Waals surface area contributed by atoms with Crippen LogP contribution in [0.25, 0.3) is 11.1 Å². The molecule has 1 saturated heterocycles. The first kappa shape index (κ1) is 35.1. The Kier molecular flexibility index (Phi) is 11.4. The van der Waals surface area contributed by atoms with Crippen molar-refractivity contribution in [2.24, 2.45) is 0 Å². The summed E-state index contributed by atoms with van der Waals surface area (Å²) in [5, 5.41) is 5.77. The molecule has 2 amide bonds. The molecule has 252 valence electrons. The molecule has 47 heavy (non-hydrogen) atoms. The molecule has 1 unspecified atom stereocenters. The zero-order chi connectivity index (χ0) is 34.2. The SMILES string of the molecule is CN(C(=O)OC(C)(C)C)C1CCN(CCOc2ccc(Nc3ncc(-c4ccc(C(=O)NCC(=O)OC(C)(C)C)cc4)cn3)cc2)C1. The molecule has 2 aromatic carbocycles. The minimum Gasteiger partial charge on any atom is -0.492 e. The van der Waals surface area contributed by atoms with Crippen LogP contribution in [0.15, 0.2) is 60.9 Å². The van der Waals surface area contributed by atoms with Crippen LogP contribution in [0.4, 0.5) is 16.4 Å². The van der Waals surface area contributed by atoms with E-state index in [0.29, 0.717) is 18.1 Å². The first-order valence-corrected chi connectivity index (χ1v) is 15.8. The number of hydrogen-bond donors (Lipinski definition) is 2. The van der Waals surface area contributed by atoms with Crippen molar-refractivity contribution in [1.29, 1.82) is 0 Å². The first-order chi connectivity index (χ1) is 22.1. The number of nitrogens with one attached hydrogen (secondary N) is 2. The molecule has 1 aromatic heterocycles. The normalized spacial score (nSPS) is 15.1. The average Bonchev–Trinajstić information content (AvgIpc) is 3.48. The van der Waals surface area contributed by atoms with Crippen molar-refractivity contribution in [3.8, 4) is 16.9 Å². The maximum Gasteiger partial charge on any atom is 0.410 e. The van der Waals surface area contributed by atoms with Crippen molar-refractivity contribution in [2.45, 2.75) is 65.2 Å². The number of aromatic nitrogens is 2. The smallest absolute Gasteiger partial charge is 0.410 e. The molecule has 0 saturated carbocycles. The highest BCUT2D eigenvalue weighted by Gasteiger charge is 2.30. The monoisotopic (exact) mass is 646 g/mol. The van der Waals surface area contributed by atoms with E-state index in [1.165, 1.54) is 0 Å². The second-order valence-corrected chi connectivity index (χ2v) is 13.5. The van der Waals surface area contributed by atoms with Crippen LogP contribution in [-0.4, -0.2) is 94.8 Å². The molecular formula is C35H46N6O6. The van der Waals surface area contributed by atoms with Crippen LogP contribution < -0.4 is 15.4 Å². The third-order valence-corrected chi connectivity index (χ3v) is 7.21. The van der Waals surface area contributed by atoms with Crippen LogP contribution in [0, 0.1) is 0 Å². The number of hydrogen-bond acceptors (Lipinski definition) is 10. The molecule has 0 aliphatic carbocycles. The second-order valence-electron chi connectivity index (χ2n) is 13.5. The zero-order valence-corrected chi connectivity index (χ0v) is 28.3. The predicted octanol–water partition coefficient (Wildman–Crippen LogP) is 5.28. The lowest BCUT2D eigenvalue weighted by Gasteiger charge is -2.28. The predicted molar refractivity (Wildman–Crippen MR) is 180 cm³/mol. The van der Waals surface area contributed by atoms with Gasteiger partial charge in [-0.25, -0.2) is 14.8 Å². The van der Waals surface area contributed by atoms with Crippen molar-refractivity contribution < 1.29 is 28.6 Å². The standard InChI is InChI=1S/C35H46N6O6/c1-34(2,3)46-30(42)22-36-31(43)25-10-8-24(9-11-25)26-20-37-32(38-21-26)39-27-12-14-29(15-13-27)45-19-18-41-17-16-28(23-41)40(7)33(44)47-35(4,5)6/h8-15,20-21,28H,16-19,22-23H2,1-7H3,(H,36,43)(H,37,38,39). The molecule has 12 nitrogen and oxygen atoms in total. The van der Waals surface area contributed by atoms with Gasteiger partial charge in [0.15, 0.2) is 0 Å². The van der Waals surface area contributed by atoms with E-state index >= 15 is 0 Å². The summed E-state index contributed by atoms with van der Waals surface area (Å²) >= 11 is 0. The van der Waals surface area contributed by atoms with E-state index in [1.807, 2.05) is 45.0 Å². The average molecular weight is 647 g/mol. The maximum absolute atomic E-state index is 12.4. The Labute approximate surface area is 276 Å². The number of ether oxygens (including phenoxy) is 3. The minimum atomic E-state index is -0.610. The summed E-state index contributed by atoms with van der Waals surface area (Å²) in [6, 6.07) is 14.7. The molecule has 1 fully saturated rings. The highest BCUT2D eigenvalue weighted by atomic mass is 16.6. The summed E-state index contributed by atoms with van der Waals surface area (Å²) in [5.74, 6) is 0.350. The molecule has 2 N–H and O–H groups in total. The van der Waals surface area contributed by atoms with Crippen molar-refractivity contribution in [3.63, 3.8) is 0 Å². The lowest BCUT2D eigenvalue weighted by molar-refractivity contribution is -0.153. The Hall–Kier alpha value is -4.71. The Morgan fingerprint density at radius 3 is 2.15 bits per heavy atom. The van der Waals surface area contributed by atoms with E-state index in [-0.39, 0.29) is 24.6 Å². The fourth-order valence-corrected chi connectivity index (χ4v) is 4.86. The van der Waals surface area contributed by atoms with E-state index in [2.05, 4.69) is 25.5 Å². The molecule has 0 bridgehead atoms. The van der Waals surface area contributed by atoms with E-state index in [9.17, 15) is 14.4 Å². The van der Waals surface area contributed by atoms with Crippen LogP contribution in [0.5, 0.6) is 5.75 Å². The van der Waals surface area contributed by atoms with Gasteiger partial charge in [-0.15, -0.1) is 0 Å². The van der Waals surface area contributed by atoms with Crippen LogP contribution in [-0.2, 0) is 14.3 Å². The quantitative estimate of drug-likeness (QED) is 0.265. The third-order valence-electron chi connectivity index (χ3n) is 7.21.